The normalized spacial score (nSPS) is 12.9. The molecule has 1 unspecified atom stereocenters. The number of rotatable bonds is 5. The van der Waals surface area contributed by atoms with Crippen molar-refractivity contribution < 1.29 is 8.42 Å². The summed E-state index contributed by atoms with van der Waals surface area (Å²) < 4.78 is 27.2. The summed E-state index contributed by atoms with van der Waals surface area (Å²) in [6, 6.07) is 5.07. The van der Waals surface area contributed by atoms with E-state index in [1.54, 1.807) is 12.1 Å². The number of benzene rings is 1. The van der Waals surface area contributed by atoms with Crippen LogP contribution in [0.5, 0.6) is 0 Å². The predicted octanol–water partition coefficient (Wildman–Crippen LogP) is 2.19. The van der Waals surface area contributed by atoms with Crippen molar-refractivity contribution in [2.75, 3.05) is 6.54 Å². The van der Waals surface area contributed by atoms with E-state index in [-0.39, 0.29) is 23.3 Å². The first-order chi connectivity index (χ1) is 7.81. The minimum absolute atomic E-state index is 0. The van der Waals surface area contributed by atoms with Gasteiger partial charge in [-0.1, -0.05) is 15.9 Å². The molecule has 0 saturated carbocycles. The van der Waals surface area contributed by atoms with Gasteiger partial charge in [-0.2, -0.15) is 0 Å². The molecule has 0 spiro atoms. The Morgan fingerprint density at radius 1 is 1.39 bits per heavy atom. The average molecular weight is 358 g/mol. The maximum absolute atomic E-state index is 11.9. The van der Waals surface area contributed by atoms with Crippen LogP contribution in [0, 0.1) is 6.92 Å². The second-order valence-corrected chi connectivity index (χ2v) is 6.81. The summed E-state index contributed by atoms with van der Waals surface area (Å²) in [6.45, 7) is 4.05. The Hall–Kier alpha value is -0.140. The molecular weight excluding hydrogens is 340 g/mol. The molecule has 0 fully saturated rings. The van der Waals surface area contributed by atoms with Gasteiger partial charge in [0.05, 0.1) is 4.90 Å². The van der Waals surface area contributed by atoms with Gasteiger partial charge in [-0.3, -0.25) is 0 Å². The monoisotopic (exact) mass is 356 g/mol. The first-order valence-corrected chi connectivity index (χ1v) is 7.61. The number of hydrogen-bond acceptors (Lipinski definition) is 3. The van der Waals surface area contributed by atoms with Crippen LogP contribution in [0.15, 0.2) is 27.6 Å². The summed E-state index contributed by atoms with van der Waals surface area (Å²) in [5.74, 6) is 0. The highest BCUT2D eigenvalue weighted by atomic mass is 79.9. The minimum atomic E-state index is -3.44. The molecule has 18 heavy (non-hydrogen) atoms. The van der Waals surface area contributed by atoms with E-state index in [1.807, 2.05) is 19.9 Å². The summed E-state index contributed by atoms with van der Waals surface area (Å²) in [6.07, 6.45) is 0.617. The highest BCUT2D eigenvalue weighted by Gasteiger charge is 2.14. The zero-order valence-electron chi connectivity index (χ0n) is 10.3. The third-order valence-electron chi connectivity index (χ3n) is 2.22. The number of hydrogen-bond donors (Lipinski definition) is 2. The zero-order chi connectivity index (χ0) is 13.1. The molecule has 0 bridgehead atoms. The first-order valence-electron chi connectivity index (χ1n) is 5.34. The topological polar surface area (TPSA) is 72.2 Å². The summed E-state index contributed by atoms with van der Waals surface area (Å²) in [7, 11) is -3.44. The first kappa shape index (κ1) is 17.9. The summed E-state index contributed by atoms with van der Waals surface area (Å²) in [5.41, 5.74) is 6.46. The van der Waals surface area contributed by atoms with E-state index in [4.69, 9.17) is 5.73 Å². The molecule has 4 nitrogen and oxygen atoms in total. The Bertz CT molecular complexity index is 472. The fraction of sp³-hybridized carbons (Fsp3) is 0.455. The van der Waals surface area contributed by atoms with Crippen molar-refractivity contribution in [3.05, 3.63) is 28.2 Å². The van der Waals surface area contributed by atoms with Gasteiger partial charge in [0.25, 0.3) is 0 Å². The van der Waals surface area contributed by atoms with Gasteiger partial charge >= 0.3 is 0 Å². The molecule has 104 valence electrons. The van der Waals surface area contributed by atoms with Gasteiger partial charge in [-0.05, 0) is 44.0 Å². The molecule has 0 heterocycles. The standard InChI is InChI=1S/C11H17BrN2O2S.ClH/c1-8-5-10(12)7-11(6-8)17(15,16)14-4-3-9(2)13;/h5-7,9,14H,3-4,13H2,1-2H3;1H. The van der Waals surface area contributed by atoms with Crippen LogP contribution in [0.4, 0.5) is 0 Å². The molecule has 1 aromatic rings. The van der Waals surface area contributed by atoms with E-state index in [0.717, 1.165) is 10.0 Å². The van der Waals surface area contributed by atoms with E-state index in [0.29, 0.717) is 13.0 Å². The Morgan fingerprint density at radius 3 is 2.50 bits per heavy atom. The fourth-order valence-corrected chi connectivity index (χ4v) is 3.30. The third kappa shape index (κ3) is 5.67. The lowest BCUT2D eigenvalue weighted by Gasteiger charge is -2.09. The van der Waals surface area contributed by atoms with E-state index in [1.165, 1.54) is 0 Å². The lowest BCUT2D eigenvalue weighted by molar-refractivity contribution is 0.571. The quantitative estimate of drug-likeness (QED) is 0.848. The Balaban J connectivity index is 0.00000289. The molecule has 1 aromatic carbocycles. The van der Waals surface area contributed by atoms with Gasteiger partial charge in [-0.15, -0.1) is 12.4 Å². The fourth-order valence-electron chi connectivity index (χ4n) is 1.36. The largest absolute Gasteiger partial charge is 0.328 e. The van der Waals surface area contributed by atoms with Crippen LogP contribution in [-0.2, 0) is 10.0 Å². The van der Waals surface area contributed by atoms with Crippen LogP contribution in [0.25, 0.3) is 0 Å². The second-order valence-electron chi connectivity index (χ2n) is 4.13. The Kier molecular flexibility index (Phi) is 7.39. The number of nitrogens with two attached hydrogens (primary N) is 1. The summed E-state index contributed by atoms with van der Waals surface area (Å²) in [5, 5.41) is 0. The molecule has 3 N–H and O–H groups in total. The predicted molar refractivity (Wildman–Crippen MR) is 79.6 cm³/mol. The van der Waals surface area contributed by atoms with Crippen LogP contribution in [-0.4, -0.2) is 21.0 Å². The van der Waals surface area contributed by atoms with Gasteiger partial charge < -0.3 is 5.73 Å². The third-order valence-corrected chi connectivity index (χ3v) is 4.12. The van der Waals surface area contributed by atoms with Gasteiger partial charge in [0.1, 0.15) is 0 Å². The number of halogens is 2. The second kappa shape index (κ2) is 7.45. The van der Waals surface area contributed by atoms with Crippen molar-refractivity contribution >= 4 is 38.4 Å². The molecule has 7 heteroatoms. The van der Waals surface area contributed by atoms with Gasteiger partial charge in [0, 0.05) is 17.1 Å². The molecule has 0 saturated heterocycles. The molecule has 0 radical (unpaired) electrons. The molecular formula is C11H18BrClN2O2S. The number of sulfonamides is 1. The van der Waals surface area contributed by atoms with Gasteiger partial charge in [0.2, 0.25) is 10.0 Å². The highest BCUT2D eigenvalue weighted by molar-refractivity contribution is 9.10. The maximum Gasteiger partial charge on any atom is 0.240 e. The SMILES string of the molecule is Cc1cc(Br)cc(S(=O)(=O)NCCC(C)N)c1.Cl. The van der Waals surface area contributed by atoms with Crippen molar-refractivity contribution in [3.8, 4) is 0 Å². The maximum atomic E-state index is 11.9. The van der Waals surface area contributed by atoms with Crippen LogP contribution in [0.3, 0.4) is 0 Å². The van der Waals surface area contributed by atoms with Crippen LogP contribution in [0.1, 0.15) is 18.9 Å². The Morgan fingerprint density at radius 2 is 2.00 bits per heavy atom. The summed E-state index contributed by atoms with van der Waals surface area (Å²) in [4.78, 5) is 0.272. The molecule has 1 rings (SSSR count). The average Bonchev–Trinajstić information content (AvgIpc) is 2.14. The van der Waals surface area contributed by atoms with Gasteiger partial charge in [-0.25, -0.2) is 13.1 Å². The zero-order valence-corrected chi connectivity index (χ0v) is 13.5. The highest BCUT2D eigenvalue weighted by Crippen LogP contribution is 2.18. The number of nitrogens with one attached hydrogen (secondary N) is 1. The molecule has 0 aliphatic heterocycles. The minimum Gasteiger partial charge on any atom is -0.328 e. The number of aryl methyl sites for hydroxylation is 1. The van der Waals surface area contributed by atoms with Crippen molar-refractivity contribution in [1.29, 1.82) is 0 Å². The smallest absolute Gasteiger partial charge is 0.240 e. The molecule has 1 atom stereocenters. The van der Waals surface area contributed by atoms with Crippen LogP contribution >= 0.6 is 28.3 Å². The Labute approximate surface area is 123 Å². The molecule has 0 aliphatic carbocycles. The van der Waals surface area contributed by atoms with E-state index in [2.05, 4.69) is 20.7 Å². The van der Waals surface area contributed by atoms with Crippen molar-refractivity contribution in [1.82, 2.24) is 4.72 Å². The van der Waals surface area contributed by atoms with Crippen molar-refractivity contribution in [2.24, 2.45) is 5.73 Å². The van der Waals surface area contributed by atoms with Crippen LogP contribution < -0.4 is 10.5 Å². The van der Waals surface area contributed by atoms with Crippen molar-refractivity contribution in [2.45, 2.75) is 31.2 Å². The lowest BCUT2D eigenvalue weighted by atomic mass is 10.2. The van der Waals surface area contributed by atoms with E-state index >= 15 is 0 Å². The molecule has 0 aliphatic rings. The van der Waals surface area contributed by atoms with Crippen molar-refractivity contribution in [3.63, 3.8) is 0 Å². The van der Waals surface area contributed by atoms with Gasteiger partial charge in [0.15, 0.2) is 0 Å². The lowest BCUT2D eigenvalue weighted by Crippen LogP contribution is -2.29. The van der Waals surface area contributed by atoms with Crippen LogP contribution in [0.2, 0.25) is 0 Å². The van der Waals surface area contributed by atoms with E-state index < -0.39 is 10.0 Å². The van der Waals surface area contributed by atoms with E-state index in [9.17, 15) is 8.42 Å². The summed E-state index contributed by atoms with van der Waals surface area (Å²) >= 11 is 3.28. The molecule has 0 amide bonds. The molecule has 0 aromatic heterocycles.